The summed E-state index contributed by atoms with van der Waals surface area (Å²) in [6.07, 6.45) is 0.131. The number of amides is 1. The molecule has 2 aliphatic rings. The number of hydrogen-bond acceptors (Lipinski definition) is 5. The smallest absolute Gasteiger partial charge is 0.239 e. The van der Waals surface area contributed by atoms with Crippen LogP contribution in [0.3, 0.4) is 0 Å². The predicted molar refractivity (Wildman–Crippen MR) is 84.2 cm³/mol. The zero-order valence-electron chi connectivity index (χ0n) is 12.9. The zero-order chi connectivity index (χ0) is 15.5. The number of nitrogens with zero attached hydrogens (tertiary/aromatic N) is 2. The van der Waals surface area contributed by atoms with Crippen LogP contribution in [0.1, 0.15) is 6.42 Å². The first-order valence-corrected chi connectivity index (χ1v) is 7.76. The molecule has 2 aliphatic heterocycles. The maximum absolute atomic E-state index is 12.4. The first kappa shape index (κ1) is 15.1. The van der Waals surface area contributed by atoms with Crippen LogP contribution in [0.4, 0.5) is 5.69 Å². The first-order chi connectivity index (χ1) is 10.7. The van der Waals surface area contributed by atoms with Gasteiger partial charge in [0.25, 0.3) is 0 Å². The zero-order valence-corrected chi connectivity index (χ0v) is 12.9. The molecule has 1 aromatic rings. The van der Waals surface area contributed by atoms with Crippen LogP contribution in [0.2, 0.25) is 0 Å². The third-order valence-corrected chi connectivity index (χ3v) is 4.43. The Morgan fingerprint density at radius 1 is 1.23 bits per heavy atom. The van der Waals surface area contributed by atoms with Crippen molar-refractivity contribution < 1.29 is 14.6 Å². The monoisotopic (exact) mass is 305 g/mol. The van der Waals surface area contributed by atoms with E-state index in [1.54, 1.807) is 7.11 Å². The van der Waals surface area contributed by atoms with Gasteiger partial charge in [-0.05, 0) is 30.7 Å². The number of benzene rings is 1. The molecule has 0 bridgehead atoms. The molecule has 0 radical (unpaired) electrons. The number of ether oxygens (including phenoxy) is 1. The molecule has 0 aromatic heterocycles. The lowest BCUT2D eigenvalue weighted by Crippen LogP contribution is -2.53. The van der Waals surface area contributed by atoms with Crippen LogP contribution in [-0.4, -0.2) is 67.9 Å². The van der Waals surface area contributed by atoms with Gasteiger partial charge in [0.2, 0.25) is 5.91 Å². The molecule has 2 atom stereocenters. The molecule has 22 heavy (non-hydrogen) atoms. The maximum atomic E-state index is 12.4. The lowest BCUT2D eigenvalue weighted by Gasteiger charge is -2.37. The van der Waals surface area contributed by atoms with Gasteiger partial charge in [-0.2, -0.15) is 0 Å². The van der Waals surface area contributed by atoms with Crippen molar-refractivity contribution in [3.63, 3.8) is 0 Å². The van der Waals surface area contributed by atoms with E-state index in [9.17, 15) is 9.90 Å². The van der Waals surface area contributed by atoms with Crippen LogP contribution in [0.15, 0.2) is 24.3 Å². The fraction of sp³-hybridized carbons (Fsp3) is 0.562. The van der Waals surface area contributed by atoms with E-state index in [2.05, 4.69) is 10.2 Å². The molecule has 1 amide bonds. The summed E-state index contributed by atoms with van der Waals surface area (Å²) in [5.74, 6) is 0.967. The minimum Gasteiger partial charge on any atom is -0.497 e. The molecule has 6 nitrogen and oxygen atoms in total. The molecule has 2 N–H and O–H groups in total. The lowest BCUT2D eigenvalue weighted by atomic mass is 10.1. The van der Waals surface area contributed by atoms with E-state index < -0.39 is 6.10 Å². The number of carbonyl (C=O) groups excluding carboxylic acids is 1. The molecule has 0 unspecified atom stereocenters. The summed E-state index contributed by atoms with van der Waals surface area (Å²) < 4.78 is 5.17. The van der Waals surface area contributed by atoms with Crippen LogP contribution in [0.25, 0.3) is 0 Å². The van der Waals surface area contributed by atoms with Crippen molar-refractivity contribution in [3.8, 4) is 5.75 Å². The highest BCUT2D eigenvalue weighted by Gasteiger charge is 2.32. The number of β-amino-alcohol motifs (C(OH)–C–C–N with tert-alkyl or cyclic N) is 1. The minimum atomic E-state index is -0.394. The van der Waals surface area contributed by atoms with E-state index in [1.807, 2.05) is 29.2 Å². The van der Waals surface area contributed by atoms with Gasteiger partial charge in [-0.1, -0.05) is 0 Å². The molecule has 3 rings (SSSR count). The molecule has 2 fully saturated rings. The van der Waals surface area contributed by atoms with E-state index in [0.29, 0.717) is 13.0 Å². The highest BCUT2D eigenvalue weighted by molar-refractivity contribution is 5.82. The topological polar surface area (TPSA) is 65.0 Å². The third kappa shape index (κ3) is 3.18. The number of methoxy groups -OCH3 is 1. The van der Waals surface area contributed by atoms with E-state index in [4.69, 9.17) is 4.74 Å². The SMILES string of the molecule is COc1ccc(N2CCN(C(=O)[C@@H]3C[C@@H](O)CN3)CC2)cc1. The summed E-state index contributed by atoms with van der Waals surface area (Å²) in [5.41, 5.74) is 1.15. The van der Waals surface area contributed by atoms with Crippen LogP contribution in [0, 0.1) is 0 Å². The average Bonchev–Trinajstić information content (AvgIpc) is 3.01. The highest BCUT2D eigenvalue weighted by atomic mass is 16.5. The Labute approximate surface area is 130 Å². The Morgan fingerprint density at radius 3 is 2.45 bits per heavy atom. The van der Waals surface area contributed by atoms with Gasteiger partial charge in [0.15, 0.2) is 0 Å². The number of piperazine rings is 1. The Morgan fingerprint density at radius 2 is 1.91 bits per heavy atom. The predicted octanol–water partition coefficient (Wildman–Crippen LogP) is 0.0666. The minimum absolute atomic E-state index is 0.117. The summed E-state index contributed by atoms with van der Waals surface area (Å²) >= 11 is 0. The number of aliphatic hydroxyl groups excluding tert-OH is 1. The number of rotatable bonds is 3. The fourth-order valence-corrected chi connectivity index (χ4v) is 3.10. The molecular formula is C16H23N3O3. The number of nitrogens with one attached hydrogen (secondary N) is 1. The second-order valence-corrected chi connectivity index (χ2v) is 5.86. The van der Waals surface area contributed by atoms with Gasteiger partial charge >= 0.3 is 0 Å². The summed E-state index contributed by atoms with van der Waals surface area (Å²) in [4.78, 5) is 16.6. The van der Waals surface area contributed by atoms with Crippen LogP contribution >= 0.6 is 0 Å². The molecular weight excluding hydrogens is 282 g/mol. The van der Waals surface area contributed by atoms with Gasteiger partial charge in [0.1, 0.15) is 5.75 Å². The van der Waals surface area contributed by atoms with Crippen LogP contribution in [-0.2, 0) is 4.79 Å². The van der Waals surface area contributed by atoms with E-state index in [0.717, 1.165) is 37.6 Å². The van der Waals surface area contributed by atoms with Crippen molar-refractivity contribution >= 4 is 11.6 Å². The van der Waals surface area contributed by atoms with E-state index in [1.165, 1.54) is 0 Å². The maximum Gasteiger partial charge on any atom is 0.239 e. The van der Waals surface area contributed by atoms with Crippen LogP contribution < -0.4 is 15.0 Å². The summed E-state index contributed by atoms with van der Waals surface area (Å²) in [6.45, 7) is 3.61. The summed E-state index contributed by atoms with van der Waals surface area (Å²) in [5, 5.41) is 12.6. The first-order valence-electron chi connectivity index (χ1n) is 7.76. The van der Waals surface area contributed by atoms with Crippen LogP contribution in [0.5, 0.6) is 5.75 Å². The Kier molecular flexibility index (Phi) is 4.49. The van der Waals surface area contributed by atoms with Gasteiger partial charge in [-0.3, -0.25) is 4.79 Å². The Hall–Kier alpha value is -1.79. The van der Waals surface area contributed by atoms with Gasteiger partial charge in [0, 0.05) is 38.4 Å². The molecule has 0 spiro atoms. The van der Waals surface area contributed by atoms with Gasteiger partial charge in [-0.15, -0.1) is 0 Å². The molecule has 120 valence electrons. The molecule has 0 saturated carbocycles. The van der Waals surface area contributed by atoms with Crippen molar-refractivity contribution in [1.82, 2.24) is 10.2 Å². The molecule has 1 aromatic carbocycles. The van der Waals surface area contributed by atoms with Gasteiger partial charge in [-0.25, -0.2) is 0 Å². The second-order valence-electron chi connectivity index (χ2n) is 5.86. The third-order valence-electron chi connectivity index (χ3n) is 4.43. The van der Waals surface area contributed by atoms with Gasteiger partial charge < -0.3 is 25.0 Å². The summed E-state index contributed by atoms with van der Waals surface area (Å²) in [7, 11) is 1.66. The number of anilines is 1. The fourth-order valence-electron chi connectivity index (χ4n) is 3.10. The highest BCUT2D eigenvalue weighted by Crippen LogP contribution is 2.21. The lowest BCUT2D eigenvalue weighted by molar-refractivity contribution is -0.133. The molecule has 2 heterocycles. The van der Waals surface area contributed by atoms with Gasteiger partial charge in [0.05, 0.1) is 19.3 Å². The number of aliphatic hydroxyl groups is 1. The van der Waals surface area contributed by atoms with Crippen molar-refractivity contribution in [2.45, 2.75) is 18.6 Å². The standard InChI is InChI=1S/C16H23N3O3/c1-22-14-4-2-12(3-5-14)18-6-8-19(9-7-18)16(21)15-10-13(20)11-17-15/h2-5,13,15,17,20H,6-11H2,1H3/t13-,15+/m1/s1. The van der Waals surface area contributed by atoms with Crippen molar-refractivity contribution in [1.29, 1.82) is 0 Å². The molecule has 6 heteroatoms. The quantitative estimate of drug-likeness (QED) is 0.827. The van der Waals surface area contributed by atoms with Crippen molar-refractivity contribution in [2.75, 3.05) is 44.7 Å². The van der Waals surface area contributed by atoms with E-state index in [-0.39, 0.29) is 11.9 Å². The normalized spacial score (nSPS) is 25.4. The number of hydrogen-bond donors (Lipinski definition) is 2. The Balaban J connectivity index is 1.54. The average molecular weight is 305 g/mol. The largest absolute Gasteiger partial charge is 0.497 e. The molecule has 0 aliphatic carbocycles. The van der Waals surface area contributed by atoms with Crippen molar-refractivity contribution in [2.24, 2.45) is 0 Å². The Bertz CT molecular complexity index is 512. The van der Waals surface area contributed by atoms with Crippen molar-refractivity contribution in [3.05, 3.63) is 24.3 Å². The number of carbonyl (C=O) groups is 1. The molecule has 2 saturated heterocycles. The summed E-state index contributed by atoms with van der Waals surface area (Å²) in [6, 6.07) is 7.78. The van der Waals surface area contributed by atoms with E-state index >= 15 is 0 Å². The second kappa shape index (κ2) is 6.54.